The molecule has 0 bridgehead atoms. The largest absolute Gasteiger partial charge is 0.340 e. The summed E-state index contributed by atoms with van der Waals surface area (Å²) in [5, 5.41) is 0. The molecule has 0 aromatic carbocycles. The van der Waals surface area contributed by atoms with E-state index in [2.05, 4.69) is 22.9 Å². The normalized spacial score (nSPS) is 27.8. The highest BCUT2D eigenvalue weighted by molar-refractivity contribution is 5.80. The Morgan fingerprint density at radius 2 is 2.09 bits per heavy atom. The highest BCUT2D eigenvalue weighted by Crippen LogP contribution is 2.27. The van der Waals surface area contributed by atoms with Gasteiger partial charge in [0, 0.05) is 50.7 Å². The number of hydrogen-bond acceptors (Lipinski definition) is 4. The van der Waals surface area contributed by atoms with Crippen molar-refractivity contribution in [3.8, 4) is 0 Å². The number of pyridine rings is 1. The maximum Gasteiger partial charge on any atom is 0.227 e. The lowest BCUT2D eigenvalue weighted by atomic mass is 10.0. The summed E-state index contributed by atoms with van der Waals surface area (Å²) in [6, 6.07) is 4.51. The smallest absolute Gasteiger partial charge is 0.227 e. The van der Waals surface area contributed by atoms with Crippen LogP contribution in [0.25, 0.3) is 0 Å². The second-order valence-electron chi connectivity index (χ2n) is 6.52. The number of nitrogens with zero attached hydrogens (tertiary/aromatic N) is 3. The molecule has 1 amide bonds. The molecule has 2 fully saturated rings. The Labute approximate surface area is 132 Å². The molecule has 0 unspecified atom stereocenters. The zero-order valence-corrected chi connectivity index (χ0v) is 13.3. The van der Waals surface area contributed by atoms with Gasteiger partial charge in [0.1, 0.15) is 0 Å². The van der Waals surface area contributed by atoms with Crippen LogP contribution in [0.2, 0.25) is 0 Å². The van der Waals surface area contributed by atoms with Crippen LogP contribution >= 0.6 is 0 Å². The summed E-state index contributed by atoms with van der Waals surface area (Å²) in [6.07, 6.45) is 6.79. The van der Waals surface area contributed by atoms with Crippen LogP contribution in [0.3, 0.4) is 0 Å². The van der Waals surface area contributed by atoms with Crippen LogP contribution in [-0.4, -0.2) is 52.9 Å². The minimum atomic E-state index is 0.0577. The maximum atomic E-state index is 12.6. The summed E-state index contributed by atoms with van der Waals surface area (Å²) < 4.78 is 0. The number of nitrogens with two attached hydrogens (primary N) is 1. The lowest BCUT2D eigenvalue weighted by Crippen LogP contribution is -2.52. The molecule has 2 heterocycles. The van der Waals surface area contributed by atoms with Crippen molar-refractivity contribution in [1.82, 2.24) is 14.8 Å². The number of amides is 1. The van der Waals surface area contributed by atoms with Gasteiger partial charge in [0.05, 0.1) is 5.92 Å². The first-order chi connectivity index (χ1) is 10.7. The van der Waals surface area contributed by atoms with Gasteiger partial charge in [-0.1, -0.05) is 12.5 Å². The van der Waals surface area contributed by atoms with Crippen LogP contribution in [0.15, 0.2) is 24.5 Å². The Hall–Kier alpha value is -1.46. The number of aromatic nitrogens is 1. The Kier molecular flexibility index (Phi) is 4.74. The van der Waals surface area contributed by atoms with Crippen molar-refractivity contribution in [2.24, 2.45) is 11.7 Å². The third kappa shape index (κ3) is 3.15. The molecule has 1 aromatic rings. The van der Waals surface area contributed by atoms with Crippen molar-refractivity contribution >= 4 is 5.91 Å². The van der Waals surface area contributed by atoms with E-state index in [4.69, 9.17) is 5.73 Å². The van der Waals surface area contributed by atoms with Crippen molar-refractivity contribution in [2.45, 2.75) is 38.3 Å². The van der Waals surface area contributed by atoms with Crippen LogP contribution < -0.4 is 5.73 Å². The topological polar surface area (TPSA) is 62.5 Å². The predicted octanol–water partition coefficient (Wildman–Crippen LogP) is 1.41. The molecule has 0 spiro atoms. The van der Waals surface area contributed by atoms with Crippen LogP contribution in [0.1, 0.15) is 37.8 Å². The van der Waals surface area contributed by atoms with E-state index in [1.165, 1.54) is 5.56 Å². The number of carbonyl (C=O) groups is 1. The van der Waals surface area contributed by atoms with Crippen molar-refractivity contribution in [1.29, 1.82) is 0 Å². The first-order valence-corrected chi connectivity index (χ1v) is 8.35. The molecule has 2 N–H and O–H groups in total. The fraction of sp³-hybridized carbons (Fsp3) is 0.647. The zero-order valence-electron chi connectivity index (χ0n) is 13.3. The quantitative estimate of drug-likeness (QED) is 0.917. The Morgan fingerprint density at radius 1 is 1.32 bits per heavy atom. The molecule has 1 aromatic heterocycles. The summed E-state index contributed by atoms with van der Waals surface area (Å²) in [6.45, 7) is 5.67. The van der Waals surface area contributed by atoms with Crippen molar-refractivity contribution in [3.63, 3.8) is 0 Å². The van der Waals surface area contributed by atoms with Gasteiger partial charge in [0.25, 0.3) is 0 Å². The standard InChI is InChI=1S/C17H26N4O/c1-13(14-4-3-7-19-12-14)20-8-10-21(11-9-20)17(22)15-5-2-6-16(15)18/h3-4,7,12-13,15-16H,2,5-6,8-11,18H2,1H3/t13-,15+,16+/m1/s1. The molecule has 1 saturated carbocycles. The minimum Gasteiger partial charge on any atom is -0.340 e. The zero-order chi connectivity index (χ0) is 15.5. The third-order valence-corrected chi connectivity index (χ3v) is 5.23. The molecule has 5 nitrogen and oxygen atoms in total. The lowest BCUT2D eigenvalue weighted by Gasteiger charge is -2.39. The highest BCUT2D eigenvalue weighted by Gasteiger charge is 2.34. The number of hydrogen-bond donors (Lipinski definition) is 1. The van der Waals surface area contributed by atoms with Crippen LogP contribution in [0.4, 0.5) is 0 Å². The fourth-order valence-electron chi connectivity index (χ4n) is 3.69. The van der Waals surface area contributed by atoms with Gasteiger partial charge in [-0.2, -0.15) is 0 Å². The van der Waals surface area contributed by atoms with Crippen LogP contribution in [-0.2, 0) is 4.79 Å². The molecular weight excluding hydrogens is 276 g/mol. The van der Waals surface area contributed by atoms with Crippen molar-refractivity contribution in [3.05, 3.63) is 30.1 Å². The molecule has 1 saturated heterocycles. The summed E-state index contributed by atoms with van der Waals surface area (Å²) in [4.78, 5) is 21.2. The lowest BCUT2D eigenvalue weighted by molar-refractivity contribution is -0.137. The van der Waals surface area contributed by atoms with Gasteiger partial charge < -0.3 is 10.6 Å². The van der Waals surface area contributed by atoms with E-state index in [1.807, 2.05) is 17.2 Å². The molecule has 3 atom stereocenters. The molecule has 2 aliphatic rings. The fourth-order valence-corrected chi connectivity index (χ4v) is 3.69. The van der Waals surface area contributed by atoms with E-state index < -0.39 is 0 Å². The van der Waals surface area contributed by atoms with Crippen LogP contribution in [0.5, 0.6) is 0 Å². The second kappa shape index (κ2) is 6.75. The van der Waals surface area contributed by atoms with Crippen molar-refractivity contribution in [2.75, 3.05) is 26.2 Å². The van der Waals surface area contributed by atoms with E-state index in [9.17, 15) is 4.79 Å². The second-order valence-corrected chi connectivity index (χ2v) is 6.52. The van der Waals surface area contributed by atoms with E-state index >= 15 is 0 Å². The number of carbonyl (C=O) groups excluding carboxylic acids is 1. The first kappa shape index (κ1) is 15.4. The molecule has 3 rings (SSSR count). The van der Waals surface area contributed by atoms with Gasteiger partial charge in [-0.25, -0.2) is 0 Å². The Bertz CT molecular complexity index is 499. The molecule has 5 heteroatoms. The summed E-state index contributed by atoms with van der Waals surface area (Å²) >= 11 is 0. The molecule has 22 heavy (non-hydrogen) atoms. The summed E-state index contributed by atoms with van der Waals surface area (Å²) in [5.74, 6) is 0.334. The van der Waals surface area contributed by atoms with Gasteiger partial charge >= 0.3 is 0 Å². The number of rotatable bonds is 3. The highest BCUT2D eigenvalue weighted by atomic mass is 16.2. The molecule has 1 aliphatic heterocycles. The Balaban J connectivity index is 1.55. The minimum absolute atomic E-state index is 0.0577. The van der Waals surface area contributed by atoms with Gasteiger partial charge in [0.2, 0.25) is 5.91 Å². The SMILES string of the molecule is C[C@H](c1cccnc1)N1CCN(C(=O)[C@H]2CCC[C@@H]2N)CC1. The summed E-state index contributed by atoms with van der Waals surface area (Å²) in [5.41, 5.74) is 7.31. The average Bonchev–Trinajstić information content (AvgIpc) is 3.00. The number of piperazine rings is 1. The van der Waals surface area contributed by atoms with E-state index in [0.717, 1.165) is 45.4 Å². The van der Waals surface area contributed by atoms with E-state index in [0.29, 0.717) is 6.04 Å². The molecule has 0 radical (unpaired) electrons. The Morgan fingerprint density at radius 3 is 2.68 bits per heavy atom. The molecule has 1 aliphatic carbocycles. The monoisotopic (exact) mass is 302 g/mol. The summed E-state index contributed by atoms with van der Waals surface area (Å²) in [7, 11) is 0. The average molecular weight is 302 g/mol. The maximum absolute atomic E-state index is 12.6. The van der Waals surface area contributed by atoms with E-state index in [-0.39, 0.29) is 17.9 Å². The van der Waals surface area contributed by atoms with Gasteiger partial charge in [-0.3, -0.25) is 14.7 Å². The third-order valence-electron chi connectivity index (χ3n) is 5.23. The van der Waals surface area contributed by atoms with Crippen molar-refractivity contribution < 1.29 is 4.79 Å². The van der Waals surface area contributed by atoms with Gasteiger partial charge in [-0.15, -0.1) is 0 Å². The van der Waals surface area contributed by atoms with Gasteiger partial charge in [-0.05, 0) is 31.4 Å². The van der Waals surface area contributed by atoms with Gasteiger partial charge in [0.15, 0.2) is 0 Å². The molecular formula is C17H26N4O. The van der Waals surface area contributed by atoms with Crippen LogP contribution in [0, 0.1) is 5.92 Å². The first-order valence-electron chi connectivity index (χ1n) is 8.35. The predicted molar refractivity (Wildman–Crippen MR) is 86.1 cm³/mol. The molecule has 120 valence electrons. The van der Waals surface area contributed by atoms with E-state index in [1.54, 1.807) is 6.20 Å².